The first kappa shape index (κ1) is 22.3. The Morgan fingerprint density at radius 3 is 2.79 bits per heavy atom. The first-order chi connectivity index (χ1) is 13.3. The number of β-lactam (4-membered cyclic amide) rings is 1. The molecule has 0 spiro atoms. The topological polar surface area (TPSA) is 137 Å². The third kappa shape index (κ3) is 6.02. The van der Waals surface area contributed by atoms with E-state index in [1.165, 1.54) is 34.8 Å². The first-order valence-electron chi connectivity index (χ1n) is 7.90. The number of nitrogens with one attached hydrogen (secondary N) is 2. The van der Waals surface area contributed by atoms with E-state index in [1.54, 1.807) is 12.1 Å². The average molecular weight is 448 g/mol. The zero-order chi connectivity index (χ0) is 20.7. The lowest BCUT2D eigenvalue weighted by atomic mass is 10.1. The fourth-order valence-corrected chi connectivity index (χ4v) is 4.97. The Labute approximate surface area is 172 Å². The molecule has 1 fully saturated rings. The highest BCUT2D eigenvalue weighted by Gasteiger charge is 2.41. The SMILES string of the molecule is CCSSC(=O)SC1NC(=O)C1OC.O=C1Nc2ccc(c([N+](=O)[O-])c2)CO1. The number of carbonyl (C=O) groups excluding carboxylic acids is 3. The quantitative estimate of drug-likeness (QED) is 0.299. The molecular formula is C15H17N3O7S3. The molecule has 28 heavy (non-hydrogen) atoms. The second-order valence-electron chi connectivity index (χ2n) is 5.24. The van der Waals surface area contributed by atoms with Crippen molar-refractivity contribution in [3.63, 3.8) is 0 Å². The minimum Gasteiger partial charge on any atom is -0.444 e. The standard InChI is InChI=1S/C8H6N2O4.C7H11NO3S3/c11-8-9-6-2-1-5(4-14-8)7(3-6)10(12)13;1-3-12-14-7(10)13-6-4(11-2)5(9)8-6/h1-3H,4H2,(H,9,11);4,6H,3H2,1-2H3,(H,8,9). The number of anilines is 1. The molecule has 2 N–H and O–H groups in total. The molecule has 1 aromatic carbocycles. The smallest absolute Gasteiger partial charge is 0.411 e. The van der Waals surface area contributed by atoms with Crippen LogP contribution in [0.25, 0.3) is 0 Å². The summed E-state index contributed by atoms with van der Waals surface area (Å²) >= 11 is 1.11. The van der Waals surface area contributed by atoms with Crippen LogP contribution in [0.1, 0.15) is 12.5 Å². The van der Waals surface area contributed by atoms with Crippen LogP contribution in [-0.4, -0.2) is 45.7 Å². The van der Waals surface area contributed by atoms with Crippen LogP contribution >= 0.6 is 33.3 Å². The first-order valence-corrected chi connectivity index (χ1v) is 11.1. The molecule has 1 saturated heterocycles. The Kier molecular flexibility index (Phi) is 8.41. The maximum atomic E-state index is 11.3. The Bertz CT molecular complexity index is 777. The molecule has 13 heteroatoms. The number of rotatable bonds is 5. The Balaban J connectivity index is 0.000000200. The van der Waals surface area contributed by atoms with Gasteiger partial charge in [-0.25, -0.2) is 4.79 Å². The van der Waals surface area contributed by atoms with Crippen molar-refractivity contribution in [3.05, 3.63) is 33.9 Å². The molecule has 3 aliphatic heterocycles. The largest absolute Gasteiger partial charge is 0.444 e. The predicted molar refractivity (Wildman–Crippen MR) is 108 cm³/mol. The van der Waals surface area contributed by atoms with Crippen LogP contribution in [0.4, 0.5) is 21.0 Å². The van der Waals surface area contributed by atoms with Gasteiger partial charge in [0.05, 0.1) is 16.2 Å². The number of amides is 2. The van der Waals surface area contributed by atoms with E-state index in [9.17, 15) is 24.5 Å². The molecule has 0 aliphatic carbocycles. The van der Waals surface area contributed by atoms with Gasteiger partial charge in [0.1, 0.15) is 12.0 Å². The molecule has 0 radical (unpaired) electrons. The van der Waals surface area contributed by atoms with Crippen molar-refractivity contribution in [2.45, 2.75) is 25.0 Å². The van der Waals surface area contributed by atoms with Crippen LogP contribution in [-0.2, 0) is 20.9 Å². The number of hydrogen-bond donors (Lipinski definition) is 2. The molecule has 152 valence electrons. The summed E-state index contributed by atoms with van der Waals surface area (Å²) in [6.07, 6.45) is -1.07. The Morgan fingerprint density at radius 1 is 1.43 bits per heavy atom. The fourth-order valence-electron chi connectivity index (χ4n) is 2.12. The summed E-state index contributed by atoms with van der Waals surface area (Å²) in [6, 6.07) is 4.48. The lowest BCUT2D eigenvalue weighted by molar-refractivity contribution is -0.385. The summed E-state index contributed by atoms with van der Waals surface area (Å²) < 4.78 is 9.61. The second kappa shape index (κ2) is 10.5. The van der Waals surface area contributed by atoms with E-state index in [2.05, 4.69) is 10.6 Å². The van der Waals surface area contributed by atoms with Crippen molar-refractivity contribution >= 4 is 61.2 Å². The number of nitro benzene ring substituents is 1. The van der Waals surface area contributed by atoms with E-state index >= 15 is 0 Å². The number of hydrogen-bond acceptors (Lipinski definition) is 10. The maximum Gasteiger partial charge on any atom is 0.411 e. The van der Waals surface area contributed by atoms with Crippen molar-refractivity contribution < 1.29 is 28.8 Å². The van der Waals surface area contributed by atoms with Crippen molar-refractivity contribution in [1.29, 1.82) is 0 Å². The zero-order valence-electron chi connectivity index (χ0n) is 14.8. The van der Waals surface area contributed by atoms with Gasteiger partial charge in [0, 0.05) is 18.9 Å². The molecule has 1 aromatic rings. The van der Waals surface area contributed by atoms with Gasteiger partial charge in [-0.1, -0.05) is 17.7 Å². The minimum atomic E-state index is -0.597. The van der Waals surface area contributed by atoms with Crippen LogP contribution in [0, 0.1) is 10.1 Å². The van der Waals surface area contributed by atoms with Gasteiger partial charge < -0.3 is 14.8 Å². The number of methoxy groups -OCH3 is 1. The second-order valence-corrected chi connectivity index (χ2v) is 9.18. The van der Waals surface area contributed by atoms with Gasteiger partial charge in [0.15, 0.2) is 6.10 Å². The number of ether oxygens (including phenoxy) is 2. The van der Waals surface area contributed by atoms with Crippen molar-refractivity contribution in [3.8, 4) is 0 Å². The summed E-state index contributed by atoms with van der Waals surface area (Å²) in [6.45, 7) is 1.90. The van der Waals surface area contributed by atoms with E-state index in [-0.39, 0.29) is 28.0 Å². The molecule has 2 unspecified atom stereocenters. The molecule has 10 nitrogen and oxygen atoms in total. The lowest BCUT2D eigenvalue weighted by Gasteiger charge is -2.33. The van der Waals surface area contributed by atoms with E-state index in [0.29, 0.717) is 11.3 Å². The number of carbonyl (C=O) groups is 3. The van der Waals surface area contributed by atoms with E-state index in [1.807, 2.05) is 6.92 Å². The highest BCUT2D eigenvalue weighted by Crippen LogP contribution is 2.33. The van der Waals surface area contributed by atoms with Crippen LogP contribution in [0.5, 0.6) is 0 Å². The van der Waals surface area contributed by atoms with Gasteiger partial charge in [0.2, 0.25) is 0 Å². The molecular weight excluding hydrogens is 430 g/mol. The number of nitrogens with zero attached hydrogens (tertiary/aromatic N) is 1. The van der Waals surface area contributed by atoms with Crippen molar-refractivity contribution in [2.24, 2.45) is 0 Å². The highest BCUT2D eigenvalue weighted by atomic mass is 33.1. The molecule has 0 aromatic heterocycles. The van der Waals surface area contributed by atoms with Crippen LogP contribution in [0.15, 0.2) is 18.2 Å². The van der Waals surface area contributed by atoms with Crippen LogP contribution in [0.2, 0.25) is 0 Å². The number of nitro groups is 1. The molecule has 3 aliphatic rings. The monoisotopic (exact) mass is 447 g/mol. The predicted octanol–water partition coefficient (Wildman–Crippen LogP) is 3.37. The third-order valence-electron chi connectivity index (χ3n) is 3.43. The highest BCUT2D eigenvalue weighted by molar-refractivity contribution is 8.85. The number of fused-ring (bicyclic) bond motifs is 5. The summed E-state index contributed by atoms with van der Waals surface area (Å²) in [7, 11) is 4.16. The molecule has 0 saturated carbocycles. The molecule has 3 heterocycles. The molecule has 4 rings (SSSR count). The molecule has 2 bridgehead atoms. The zero-order valence-corrected chi connectivity index (χ0v) is 17.3. The Hall–Kier alpha value is -1.96. The van der Waals surface area contributed by atoms with E-state index in [4.69, 9.17) is 9.47 Å². The van der Waals surface area contributed by atoms with Gasteiger partial charge in [-0.15, -0.1) is 0 Å². The van der Waals surface area contributed by atoms with Gasteiger partial charge in [-0.3, -0.25) is 25.0 Å². The van der Waals surface area contributed by atoms with Crippen LogP contribution < -0.4 is 10.6 Å². The van der Waals surface area contributed by atoms with Crippen molar-refractivity contribution in [2.75, 3.05) is 18.2 Å². The van der Waals surface area contributed by atoms with Crippen molar-refractivity contribution in [1.82, 2.24) is 5.32 Å². The number of thioether (sulfide) groups is 1. The van der Waals surface area contributed by atoms with Gasteiger partial charge in [-0.2, -0.15) is 0 Å². The minimum absolute atomic E-state index is 0.00361. The van der Waals surface area contributed by atoms with Gasteiger partial charge in [0.25, 0.3) is 16.0 Å². The molecule has 2 atom stereocenters. The normalized spacial score (nSPS) is 19.6. The summed E-state index contributed by atoms with van der Waals surface area (Å²) in [5, 5.41) is 15.3. The maximum absolute atomic E-state index is 11.3. The van der Waals surface area contributed by atoms with Crippen LogP contribution in [0.3, 0.4) is 0 Å². The third-order valence-corrected chi connectivity index (χ3v) is 7.10. The van der Waals surface area contributed by atoms with E-state index in [0.717, 1.165) is 17.5 Å². The fraction of sp³-hybridized carbons (Fsp3) is 0.400. The molecule has 2 amide bonds. The lowest BCUT2D eigenvalue weighted by Crippen LogP contribution is -2.61. The average Bonchev–Trinajstić information content (AvgIpc) is 2.63. The summed E-state index contributed by atoms with van der Waals surface area (Å²) in [5.41, 5.74) is 0.723. The summed E-state index contributed by atoms with van der Waals surface area (Å²) in [4.78, 5) is 43.2. The Morgan fingerprint density at radius 2 is 2.18 bits per heavy atom. The van der Waals surface area contributed by atoms with Gasteiger partial charge >= 0.3 is 6.09 Å². The van der Waals surface area contributed by atoms with Gasteiger partial charge in [-0.05, 0) is 34.7 Å². The van der Waals surface area contributed by atoms with E-state index < -0.39 is 17.1 Å². The number of benzene rings is 1. The summed E-state index contributed by atoms with van der Waals surface area (Å²) in [5.74, 6) is 0.743.